The van der Waals surface area contributed by atoms with Crippen LogP contribution in [0.4, 0.5) is 22.0 Å². The molecule has 0 aliphatic carbocycles. The minimum absolute atomic E-state index is 0.0892. The second-order valence-electron chi connectivity index (χ2n) is 13.5. The van der Waals surface area contributed by atoms with Gasteiger partial charge in [-0.25, -0.2) is 13.6 Å². The fourth-order valence-corrected chi connectivity index (χ4v) is 6.54. The number of carboxylic acid groups (broad SMARTS) is 1. The van der Waals surface area contributed by atoms with E-state index in [0.717, 1.165) is 28.3 Å². The average Bonchev–Trinajstić information content (AvgIpc) is 3.66. The third-order valence-corrected chi connectivity index (χ3v) is 9.14. The highest BCUT2D eigenvalue weighted by Crippen LogP contribution is 2.41. The number of amides is 4. The van der Waals surface area contributed by atoms with Crippen LogP contribution in [0, 0.1) is 17.0 Å². The van der Waals surface area contributed by atoms with Crippen LogP contribution in [0.25, 0.3) is 11.1 Å². The molecule has 298 valence electrons. The molecule has 0 bridgehead atoms. The molecule has 0 spiro atoms. The molecular weight excluding hydrogens is 750 g/mol. The fourth-order valence-electron chi connectivity index (χ4n) is 5.73. The van der Waals surface area contributed by atoms with Crippen molar-refractivity contribution in [3.63, 3.8) is 0 Å². The monoisotopic (exact) mass is 793 g/mol. The van der Waals surface area contributed by atoms with E-state index in [2.05, 4.69) is 5.32 Å². The zero-order valence-electron chi connectivity index (χ0n) is 30.6. The molecule has 1 aliphatic rings. The highest BCUT2D eigenvalue weighted by atomic mass is 32.2. The molecule has 0 fully saturated rings. The molecule has 0 radical (unpaired) electrons. The van der Waals surface area contributed by atoms with Crippen molar-refractivity contribution in [1.82, 2.24) is 19.7 Å². The maximum absolute atomic E-state index is 15.0. The number of hydrogen-bond acceptors (Lipinski definition) is 7. The summed E-state index contributed by atoms with van der Waals surface area (Å²) in [6.07, 6.45) is -0.158. The van der Waals surface area contributed by atoms with Gasteiger partial charge in [0.05, 0.1) is 11.8 Å². The highest BCUT2D eigenvalue weighted by molar-refractivity contribution is 7.99. The van der Waals surface area contributed by atoms with Crippen LogP contribution in [0.15, 0.2) is 72.9 Å². The molecule has 4 rings (SSSR count). The van der Waals surface area contributed by atoms with Crippen LogP contribution < -0.4 is 11.1 Å². The molecular formula is C38H44F5N5O6S. The van der Waals surface area contributed by atoms with Crippen molar-refractivity contribution < 1.29 is 51.0 Å². The summed E-state index contributed by atoms with van der Waals surface area (Å²) in [6, 6.07) is 14.6. The number of hydrogen-bond donors (Lipinski definition) is 3. The van der Waals surface area contributed by atoms with Crippen molar-refractivity contribution >= 4 is 41.4 Å². The zero-order chi connectivity index (χ0) is 40.9. The summed E-state index contributed by atoms with van der Waals surface area (Å²) in [5, 5.41) is 9.84. The average molecular weight is 794 g/mol. The lowest BCUT2D eigenvalue weighted by Gasteiger charge is -2.41. The molecule has 11 nitrogen and oxygen atoms in total. The number of nitrogens with one attached hydrogen (secondary N) is 1. The molecule has 4 amide bonds. The van der Waals surface area contributed by atoms with Crippen molar-refractivity contribution in [2.24, 2.45) is 11.1 Å². The first-order chi connectivity index (χ1) is 25.8. The van der Waals surface area contributed by atoms with E-state index in [4.69, 9.17) is 15.6 Å². The van der Waals surface area contributed by atoms with Gasteiger partial charge in [0.1, 0.15) is 11.6 Å². The van der Waals surface area contributed by atoms with Crippen LogP contribution in [-0.4, -0.2) is 92.9 Å². The number of carboxylic acids is 1. The molecule has 17 heteroatoms. The number of carbonyl (C=O) groups is 5. The number of nitrogens with zero attached hydrogens (tertiary/aromatic N) is 3. The third-order valence-electron chi connectivity index (χ3n) is 8.20. The van der Waals surface area contributed by atoms with Gasteiger partial charge < -0.3 is 25.6 Å². The summed E-state index contributed by atoms with van der Waals surface area (Å²) in [6.45, 7) is 7.58. The Labute approximate surface area is 319 Å². The second kappa shape index (κ2) is 20.0. The third kappa shape index (κ3) is 13.3. The number of thioether (sulfide) groups is 1. The Hall–Kier alpha value is -5.03. The Bertz CT molecular complexity index is 1830. The Morgan fingerprint density at radius 3 is 2.20 bits per heavy atom. The smallest absolute Gasteiger partial charge is 0.475 e. The van der Waals surface area contributed by atoms with Gasteiger partial charge in [0, 0.05) is 73.5 Å². The topological polar surface area (TPSA) is 155 Å². The van der Waals surface area contributed by atoms with Gasteiger partial charge in [0.15, 0.2) is 0 Å². The predicted molar refractivity (Wildman–Crippen MR) is 197 cm³/mol. The second-order valence-corrected chi connectivity index (χ2v) is 14.6. The minimum atomic E-state index is -5.08. The zero-order valence-corrected chi connectivity index (χ0v) is 31.4. The van der Waals surface area contributed by atoms with Crippen molar-refractivity contribution in [2.45, 2.75) is 52.4 Å². The highest BCUT2D eigenvalue weighted by Gasteiger charge is 2.38. The van der Waals surface area contributed by atoms with E-state index in [1.54, 1.807) is 0 Å². The summed E-state index contributed by atoms with van der Waals surface area (Å²) >= 11 is 1.34. The SMILES string of the molecule is CC(C)(C)[C@H](c1cc(-c2cc(F)ccc2F)cn1Cc1ccccc1)N(CCCN)C(=O)CSCCC(=O)NCCN1C(=O)C=CC1=O.O=C(O)C(F)(F)F. The van der Waals surface area contributed by atoms with Gasteiger partial charge in [-0.2, -0.15) is 24.9 Å². The normalized spacial score (nSPS) is 13.4. The van der Waals surface area contributed by atoms with Crippen LogP contribution in [-0.2, 0) is 30.5 Å². The van der Waals surface area contributed by atoms with Gasteiger partial charge in [-0.15, -0.1) is 0 Å². The minimum Gasteiger partial charge on any atom is -0.475 e. The predicted octanol–water partition coefficient (Wildman–Crippen LogP) is 5.54. The maximum atomic E-state index is 15.0. The number of rotatable bonds is 16. The van der Waals surface area contributed by atoms with Crippen LogP contribution in [0.3, 0.4) is 0 Å². The van der Waals surface area contributed by atoms with Gasteiger partial charge in [-0.3, -0.25) is 24.1 Å². The Balaban J connectivity index is 0.00000106. The van der Waals surface area contributed by atoms with Crippen LogP contribution in [0.2, 0.25) is 0 Å². The van der Waals surface area contributed by atoms with Gasteiger partial charge in [0.25, 0.3) is 11.8 Å². The van der Waals surface area contributed by atoms with E-state index in [9.17, 15) is 41.1 Å². The molecule has 55 heavy (non-hydrogen) atoms. The van der Waals surface area contributed by atoms with Crippen molar-refractivity contribution in [3.05, 3.63) is 95.8 Å². The molecule has 3 aromatic rings. The molecule has 1 aliphatic heterocycles. The Morgan fingerprint density at radius 2 is 1.62 bits per heavy atom. The van der Waals surface area contributed by atoms with E-state index in [1.807, 2.05) is 72.8 Å². The standard InChI is InChI=1S/C36H43F2N5O4S.C2HF3O2/c1-36(2,3)35(30-20-26(28-21-27(37)10-11-29(28)38)23-41(30)22-25-8-5-4-6-9-25)43(17-7-15-39)34(47)24-48-19-14-31(44)40-16-18-42-32(45)12-13-33(42)46;3-2(4,5)1(6)7/h4-6,8-13,20-21,23,35H,7,14-19,22,24,39H2,1-3H3,(H,40,44);(H,6,7)/t35-;/m0./s1. The summed E-state index contributed by atoms with van der Waals surface area (Å²) in [5.41, 5.74) is 7.88. The van der Waals surface area contributed by atoms with Crippen molar-refractivity contribution in [1.29, 1.82) is 0 Å². The lowest BCUT2D eigenvalue weighted by molar-refractivity contribution is -0.192. The van der Waals surface area contributed by atoms with Gasteiger partial charge in [0.2, 0.25) is 11.8 Å². The summed E-state index contributed by atoms with van der Waals surface area (Å²) in [4.78, 5) is 61.5. The largest absolute Gasteiger partial charge is 0.490 e. The van der Waals surface area contributed by atoms with Crippen molar-refractivity contribution in [2.75, 3.05) is 37.7 Å². The van der Waals surface area contributed by atoms with E-state index in [0.29, 0.717) is 37.4 Å². The summed E-state index contributed by atoms with van der Waals surface area (Å²) in [7, 11) is 0. The Kier molecular flexibility index (Phi) is 16.2. The number of aliphatic carboxylic acids is 1. The molecule has 2 aromatic carbocycles. The number of aromatic nitrogens is 1. The number of halogens is 5. The molecule has 0 saturated heterocycles. The van der Waals surface area contributed by atoms with Crippen LogP contribution >= 0.6 is 11.8 Å². The number of nitrogens with two attached hydrogens (primary N) is 1. The summed E-state index contributed by atoms with van der Waals surface area (Å²) < 4.78 is 63.0. The lowest BCUT2D eigenvalue weighted by Crippen LogP contribution is -2.44. The van der Waals surface area contributed by atoms with E-state index >= 15 is 0 Å². The number of imide groups is 1. The molecule has 0 saturated carbocycles. The number of carbonyl (C=O) groups excluding carboxylic acids is 4. The first-order valence-electron chi connectivity index (χ1n) is 17.2. The Morgan fingerprint density at radius 1 is 0.982 bits per heavy atom. The maximum Gasteiger partial charge on any atom is 0.490 e. The number of benzene rings is 2. The fraction of sp³-hybridized carbons (Fsp3) is 0.395. The van der Waals surface area contributed by atoms with Crippen LogP contribution in [0.5, 0.6) is 0 Å². The van der Waals surface area contributed by atoms with E-state index < -0.39 is 47.1 Å². The quantitative estimate of drug-likeness (QED) is 0.0971. The van der Waals surface area contributed by atoms with Gasteiger partial charge in [-0.05, 0) is 48.2 Å². The first kappa shape index (κ1) is 44.4. The lowest BCUT2D eigenvalue weighted by atomic mass is 9.83. The van der Waals surface area contributed by atoms with Gasteiger partial charge in [-0.1, -0.05) is 51.1 Å². The molecule has 2 heterocycles. The summed E-state index contributed by atoms with van der Waals surface area (Å²) in [5.74, 6) is -4.51. The van der Waals surface area contributed by atoms with E-state index in [-0.39, 0.29) is 42.6 Å². The van der Waals surface area contributed by atoms with Crippen LogP contribution in [0.1, 0.15) is 50.9 Å². The first-order valence-corrected chi connectivity index (χ1v) is 18.4. The molecule has 4 N–H and O–H groups in total. The number of alkyl halides is 3. The molecule has 1 atom stereocenters. The van der Waals surface area contributed by atoms with E-state index in [1.165, 1.54) is 30.0 Å². The molecule has 1 aromatic heterocycles. The van der Waals surface area contributed by atoms with Crippen molar-refractivity contribution in [3.8, 4) is 11.1 Å². The molecule has 0 unspecified atom stereocenters. The van der Waals surface area contributed by atoms with Gasteiger partial charge >= 0.3 is 12.1 Å².